The molecule has 4 rings (SSSR count). The highest BCUT2D eigenvalue weighted by atomic mass is 32.2. The van der Waals surface area contributed by atoms with Gasteiger partial charge in [0.2, 0.25) is 15.9 Å². The van der Waals surface area contributed by atoms with E-state index in [1.807, 2.05) is 72.5 Å². The van der Waals surface area contributed by atoms with Gasteiger partial charge in [0.1, 0.15) is 0 Å². The van der Waals surface area contributed by atoms with Crippen molar-refractivity contribution in [2.45, 2.75) is 31.2 Å². The number of hydrogen-bond donors (Lipinski definition) is 0. The molecule has 3 aromatic carbocycles. The van der Waals surface area contributed by atoms with E-state index >= 15 is 0 Å². The van der Waals surface area contributed by atoms with Gasteiger partial charge in [-0.05, 0) is 48.2 Å². The molecule has 1 aliphatic heterocycles. The summed E-state index contributed by atoms with van der Waals surface area (Å²) in [5.41, 5.74) is 1.11. The first-order valence-corrected chi connectivity index (χ1v) is 12.2. The van der Waals surface area contributed by atoms with Gasteiger partial charge in [-0.15, -0.1) is 0 Å². The molecule has 5 nitrogen and oxygen atoms in total. The lowest BCUT2D eigenvalue weighted by Crippen LogP contribution is -2.44. The van der Waals surface area contributed by atoms with Crippen LogP contribution in [0.5, 0.6) is 0 Å². The number of amides is 1. The van der Waals surface area contributed by atoms with Crippen molar-refractivity contribution in [1.82, 2.24) is 9.21 Å². The molecule has 0 bridgehead atoms. The number of sulfonamides is 1. The fourth-order valence-corrected chi connectivity index (χ4v) is 5.73. The molecule has 1 fully saturated rings. The van der Waals surface area contributed by atoms with Gasteiger partial charge in [0, 0.05) is 32.1 Å². The van der Waals surface area contributed by atoms with E-state index in [1.165, 1.54) is 4.31 Å². The summed E-state index contributed by atoms with van der Waals surface area (Å²) in [4.78, 5) is 15.2. The molecule has 6 heteroatoms. The molecule has 0 aliphatic carbocycles. The molecule has 0 N–H and O–H groups in total. The second kappa shape index (κ2) is 9.20. The van der Waals surface area contributed by atoms with E-state index in [1.54, 1.807) is 12.1 Å². The van der Waals surface area contributed by atoms with Crippen molar-refractivity contribution >= 4 is 26.7 Å². The maximum atomic E-state index is 13.2. The number of hydrogen-bond acceptors (Lipinski definition) is 3. The van der Waals surface area contributed by atoms with Crippen LogP contribution in [0.4, 0.5) is 0 Å². The third-order valence-corrected chi connectivity index (χ3v) is 7.97. The van der Waals surface area contributed by atoms with Crippen LogP contribution in [-0.4, -0.2) is 43.2 Å². The first-order valence-electron chi connectivity index (χ1n) is 10.8. The summed E-state index contributed by atoms with van der Waals surface area (Å²) >= 11 is 0. The molecule has 1 saturated heterocycles. The fourth-order valence-electron chi connectivity index (χ4n) is 4.23. The predicted molar refractivity (Wildman–Crippen MR) is 123 cm³/mol. The molecular weight excluding hydrogens is 408 g/mol. The minimum atomic E-state index is -3.57. The topological polar surface area (TPSA) is 57.7 Å². The van der Waals surface area contributed by atoms with Crippen LogP contribution in [0.3, 0.4) is 0 Å². The van der Waals surface area contributed by atoms with Gasteiger partial charge in [0.05, 0.1) is 4.90 Å². The van der Waals surface area contributed by atoms with Gasteiger partial charge >= 0.3 is 0 Å². The first-order chi connectivity index (χ1) is 15.0. The number of carbonyl (C=O) groups is 1. The monoisotopic (exact) mass is 436 g/mol. The minimum Gasteiger partial charge on any atom is -0.338 e. The van der Waals surface area contributed by atoms with E-state index in [0.717, 1.165) is 16.3 Å². The zero-order chi connectivity index (χ0) is 21.8. The quantitative estimate of drug-likeness (QED) is 0.579. The van der Waals surface area contributed by atoms with Crippen molar-refractivity contribution in [1.29, 1.82) is 0 Å². The average Bonchev–Trinajstić information content (AvgIpc) is 2.82. The molecule has 0 unspecified atom stereocenters. The Hall–Kier alpha value is -2.70. The highest BCUT2D eigenvalue weighted by Gasteiger charge is 2.33. The van der Waals surface area contributed by atoms with E-state index in [-0.39, 0.29) is 11.8 Å². The molecule has 0 radical (unpaired) electrons. The van der Waals surface area contributed by atoms with Gasteiger partial charge in [-0.2, -0.15) is 4.31 Å². The lowest BCUT2D eigenvalue weighted by atomic mass is 9.96. The Morgan fingerprint density at radius 1 is 0.935 bits per heavy atom. The molecule has 3 aromatic rings. The van der Waals surface area contributed by atoms with Crippen molar-refractivity contribution in [3.8, 4) is 0 Å². The van der Waals surface area contributed by atoms with Crippen LogP contribution in [0.15, 0.2) is 77.7 Å². The smallest absolute Gasteiger partial charge is 0.243 e. The Morgan fingerprint density at radius 3 is 2.26 bits per heavy atom. The van der Waals surface area contributed by atoms with Crippen molar-refractivity contribution in [2.75, 3.05) is 19.6 Å². The summed E-state index contributed by atoms with van der Waals surface area (Å²) in [6, 6.07) is 23.0. The summed E-state index contributed by atoms with van der Waals surface area (Å²) in [5.74, 6) is -0.0131. The first kappa shape index (κ1) is 21.5. The molecule has 0 spiro atoms. The van der Waals surface area contributed by atoms with Gasteiger partial charge in [-0.3, -0.25) is 4.79 Å². The Bertz CT molecular complexity index is 1150. The van der Waals surface area contributed by atoms with Crippen LogP contribution in [0.1, 0.15) is 25.3 Å². The summed E-state index contributed by atoms with van der Waals surface area (Å²) in [5, 5.41) is 1.93. The second-order valence-corrected chi connectivity index (χ2v) is 9.96. The predicted octanol–water partition coefficient (Wildman–Crippen LogP) is 4.29. The maximum Gasteiger partial charge on any atom is 0.243 e. The molecule has 162 valence electrons. The highest BCUT2D eigenvalue weighted by Crippen LogP contribution is 2.27. The summed E-state index contributed by atoms with van der Waals surface area (Å²) in [6.45, 7) is 3.96. The zero-order valence-corrected chi connectivity index (χ0v) is 18.6. The van der Waals surface area contributed by atoms with Crippen LogP contribution in [0.25, 0.3) is 10.8 Å². The average molecular weight is 437 g/mol. The number of benzene rings is 3. The van der Waals surface area contributed by atoms with Crippen LogP contribution in [-0.2, 0) is 21.4 Å². The van der Waals surface area contributed by atoms with Gasteiger partial charge in [0.25, 0.3) is 0 Å². The van der Waals surface area contributed by atoms with E-state index in [9.17, 15) is 13.2 Å². The van der Waals surface area contributed by atoms with Gasteiger partial charge < -0.3 is 4.90 Å². The lowest BCUT2D eigenvalue weighted by Gasteiger charge is -2.33. The van der Waals surface area contributed by atoms with Crippen LogP contribution in [0.2, 0.25) is 0 Å². The highest BCUT2D eigenvalue weighted by molar-refractivity contribution is 7.89. The Labute approximate surface area is 184 Å². The van der Waals surface area contributed by atoms with Crippen LogP contribution in [0, 0.1) is 5.92 Å². The van der Waals surface area contributed by atoms with Gasteiger partial charge in [-0.1, -0.05) is 60.7 Å². The van der Waals surface area contributed by atoms with Gasteiger partial charge in [-0.25, -0.2) is 8.42 Å². The lowest BCUT2D eigenvalue weighted by molar-refractivity contribution is -0.137. The fraction of sp³-hybridized carbons (Fsp3) is 0.320. The second-order valence-electron chi connectivity index (χ2n) is 8.03. The zero-order valence-electron chi connectivity index (χ0n) is 17.8. The largest absolute Gasteiger partial charge is 0.338 e. The molecule has 1 amide bonds. The summed E-state index contributed by atoms with van der Waals surface area (Å²) in [6.07, 6.45) is 1.11. The number of piperidine rings is 1. The standard InChI is InChI=1S/C25H28N2O3S/c1-2-26(19-20-8-4-3-5-9-20)25(28)22-14-16-27(17-15-22)31(29,30)24-13-12-21-10-6-7-11-23(21)18-24/h3-13,18,22H,2,14-17,19H2,1H3. The van der Waals surface area contributed by atoms with Crippen molar-refractivity contribution < 1.29 is 13.2 Å². The number of nitrogens with zero attached hydrogens (tertiary/aromatic N) is 2. The van der Waals surface area contributed by atoms with Gasteiger partial charge in [0.15, 0.2) is 0 Å². The molecule has 0 aromatic heterocycles. The number of rotatable bonds is 6. The Morgan fingerprint density at radius 2 is 1.58 bits per heavy atom. The van der Waals surface area contributed by atoms with Crippen molar-refractivity contribution in [3.05, 3.63) is 78.4 Å². The summed E-state index contributed by atoms with van der Waals surface area (Å²) < 4.78 is 27.9. The normalized spacial score (nSPS) is 15.8. The molecular formula is C25H28N2O3S. The van der Waals surface area contributed by atoms with Crippen molar-refractivity contribution in [2.24, 2.45) is 5.92 Å². The number of carbonyl (C=O) groups excluding carboxylic acids is 1. The Kier molecular flexibility index (Phi) is 6.39. The number of fused-ring (bicyclic) bond motifs is 1. The van der Waals surface area contributed by atoms with Crippen LogP contribution < -0.4 is 0 Å². The minimum absolute atomic E-state index is 0.120. The van der Waals surface area contributed by atoms with Crippen molar-refractivity contribution in [3.63, 3.8) is 0 Å². The molecule has 0 atom stereocenters. The van der Waals surface area contributed by atoms with E-state index in [4.69, 9.17) is 0 Å². The Balaban J connectivity index is 1.42. The van der Waals surface area contributed by atoms with E-state index < -0.39 is 10.0 Å². The molecule has 1 heterocycles. The third kappa shape index (κ3) is 4.65. The molecule has 1 aliphatic rings. The SMILES string of the molecule is CCN(Cc1ccccc1)C(=O)C1CCN(S(=O)(=O)c2ccc3ccccc3c2)CC1. The maximum absolute atomic E-state index is 13.2. The summed E-state index contributed by atoms with van der Waals surface area (Å²) in [7, 11) is -3.57. The third-order valence-electron chi connectivity index (χ3n) is 6.07. The van der Waals surface area contributed by atoms with Crippen LogP contribution >= 0.6 is 0 Å². The van der Waals surface area contributed by atoms with E-state index in [0.29, 0.717) is 43.9 Å². The van der Waals surface area contributed by atoms with E-state index in [2.05, 4.69) is 0 Å². The molecule has 31 heavy (non-hydrogen) atoms. The molecule has 0 saturated carbocycles.